The van der Waals surface area contributed by atoms with Gasteiger partial charge in [0.1, 0.15) is 42.5 Å². The number of fused-ring (bicyclic) bond motifs is 2. The molecule has 0 radical (unpaired) electrons. The molecule has 11 atom stereocenters. The maximum Gasteiger partial charge on any atom is 0.331 e. The van der Waals surface area contributed by atoms with Crippen LogP contribution in [-0.2, 0) is 33.3 Å². The van der Waals surface area contributed by atoms with Crippen molar-refractivity contribution < 1.29 is 48.6 Å². The van der Waals surface area contributed by atoms with Crippen LogP contribution in [-0.4, -0.2) is 88.5 Å². The van der Waals surface area contributed by atoms with E-state index < -0.39 is 59.8 Å². The van der Waals surface area contributed by atoms with Crippen molar-refractivity contribution in [1.82, 2.24) is 0 Å². The first-order valence-electron chi connectivity index (χ1n) is 17.6. The second-order valence-electron chi connectivity index (χ2n) is 14.9. The number of esters is 2. The summed E-state index contributed by atoms with van der Waals surface area (Å²) in [5.74, 6) is -3.76. The van der Waals surface area contributed by atoms with Crippen molar-refractivity contribution in [3.8, 4) is 0 Å². The van der Waals surface area contributed by atoms with Gasteiger partial charge in [0.05, 0.1) is 18.8 Å². The first-order valence-corrected chi connectivity index (χ1v) is 17.6. The Labute approximate surface area is 290 Å². The highest BCUT2D eigenvalue weighted by Gasteiger charge is 2.61. The maximum atomic E-state index is 14.3. The van der Waals surface area contributed by atoms with Crippen LogP contribution in [0.2, 0.25) is 0 Å². The molecule has 2 bridgehead atoms. The van der Waals surface area contributed by atoms with Gasteiger partial charge in [0.25, 0.3) is 0 Å². The first kappa shape index (κ1) is 37.4. The lowest BCUT2D eigenvalue weighted by molar-refractivity contribution is -0.363. The Bertz CT molecular complexity index is 1450. The predicted octanol–water partition coefficient (Wildman–Crippen LogP) is 4.94. The zero-order valence-electron chi connectivity index (χ0n) is 29.9. The molecule has 49 heavy (non-hydrogen) atoms. The molecule has 0 aromatic heterocycles. The van der Waals surface area contributed by atoms with Crippen molar-refractivity contribution in [2.45, 2.75) is 129 Å². The van der Waals surface area contributed by atoms with Crippen molar-refractivity contribution >= 4 is 11.9 Å². The van der Waals surface area contributed by atoms with E-state index in [-0.39, 0.29) is 43.1 Å². The summed E-state index contributed by atoms with van der Waals surface area (Å²) in [5, 5.41) is 35.3. The van der Waals surface area contributed by atoms with Gasteiger partial charge in [-0.05, 0) is 82.4 Å². The van der Waals surface area contributed by atoms with Crippen LogP contribution < -0.4 is 0 Å². The lowest BCUT2D eigenvalue weighted by atomic mass is 9.70. The number of hydrogen-bond donors (Lipinski definition) is 3. The summed E-state index contributed by atoms with van der Waals surface area (Å²) in [6.07, 6.45) is 9.93. The lowest BCUT2D eigenvalue weighted by Gasteiger charge is -2.52. The highest BCUT2D eigenvalue weighted by Crippen LogP contribution is 2.48. The molecule has 0 aromatic carbocycles. The summed E-state index contributed by atoms with van der Waals surface area (Å²) >= 11 is 0. The minimum Gasteiger partial charge on any atom is -0.462 e. The molecule has 3 N–H and O–H groups in total. The van der Waals surface area contributed by atoms with Crippen LogP contribution in [0.1, 0.15) is 80.6 Å². The largest absolute Gasteiger partial charge is 0.462 e. The van der Waals surface area contributed by atoms with E-state index in [0.717, 1.165) is 17.6 Å². The van der Waals surface area contributed by atoms with E-state index in [9.17, 15) is 24.9 Å². The number of aliphatic hydroxyl groups excluding tert-OH is 2. The third-order valence-corrected chi connectivity index (χ3v) is 10.6. The normalized spacial score (nSPS) is 42.8. The van der Waals surface area contributed by atoms with Gasteiger partial charge in [-0.2, -0.15) is 0 Å². The summed E-state index contributed by atoms with van der Waals surface area (Å²) in [4.78, 5) is 26.7. The monoisotopic (exact) mass is 682 g/mol. The molecule has 1 aliphatic carbocycles. The number of rotatable bonds is 4. The van der Waals surface area contributed by atoms with Crippen LogP contribution in [0.25, 0.3) is 0 Å². The molecular formula is C39H54O10. The van der Waals surface area contributed by atoms with Crippen LogP contribution in [0.4, 0.5) is 0 Å². The minimum atomic E-state index is -1.92. The van der Waals surface area contributed by atoms with Gasteiger partial charge < -0.3 is 39.0 Å². The average molecular weight is 683 g/mol. The number of ether oxygens (including phenoxy) is 5. The minimum absolute atomic E-state index is 0.00924. The van der Waals surface area contributed by atoms with Crippen molar-refractivity contribution in [1.29, 1.82) is 0 Å². The molecule has 3 fully saturated rings. The fraction of sp³-hybridized carbons (Fsp3) is 0.641. The van der Waals surface area contributed by atoms with Crippen LogP contribution in [0, 0.1) is 17.8 Å². The molecule has 1 spiro atoms. The second kappa shape index (κ2) is 15.2. The van der Waals surface area contributed by atoms with Gasteiger partial charge in [0.2, 0.25) is 0 Å². The van der Waals surface area contributed by atoms with E-state index in [2.05, 4.69) is 19.9 Å². The third kappa shape index (κ3) is 7.90. The smallest absolute Gasteiger partial charge is 0.331 e. The van der Waals surface area contributed by atoms with Crippen molar-refractivity contribution in [2.75, 3.05) is 13.2 Å². The fourth-order valence-electron chi connectivity index (χ4n) is 7.90. The molecule has 5 rings (SSSR count). The van der Waals surface area contributed by atoms with Gasteiger partial charge in [0.15, 0.2) is 5.79 Å². The van der Waals surface area contributed by atoms with Gasteiger partial charge in [-0.3, -0.25) is 4.79 Å². The topological polar surface area (TPSA) is 141 Å². The summed E-state index contributed by atoms with van der Waals surface area (Å²) < 4.78 is 30.9. The Kier molecular flexibility index (Phi) is 11.6. The van der Waals surface area contributed by atoms with Gasteiger partial charge >= 0.3 is 11.9 Å². The first-order chi connectivity index (χ1) is 23.2. The highest BCUT2D eigenvalue weighted by molar-refractivity contribution is 5.83. The lowest BCUT2D eigenvalue weighted by Crippen LogP contribution is -2.62. The van der Waals surface area contributed by atoms with Gasteiger partial charge in [-0.15, -0.1) is 0 Å². The van der Waals surface area contributed by atoms with Crippen LogP contribution in [0.15, 0.2) is 70.4 Å². The molecular weight excluding hydrogens is 628 g/mol. The number of carbonyl (C=O) groups is 2. The Balaban J connectivity index is 1.54. The number of carbonyl (C=O) groups excluding carboxylic acids is 2. The van der Waals surface area contributed by atoms with Crippen molar-refractivity contribution in [3.05, 3.63) is 70.4 Å². The zero-order chi connectivity index (χ0) is 35.7. The molecule has 4 heterocycles. The number of hydrogen-bond acceptors (Lipinski definition) is 10. The molecule has 0 amide bonds. The van der Waals surface area contributed by atoms with Crippen LogP contribution in [0.5, 0.6) is 0 Å². The van der Waals surface area contributed by atoms with E-state index in [1.54, 1.807) is 19.9 Å². The van der Waals surface area contributed by atoms with E-state index in [1.807, 2.05) is 39.0 Å². The van der Waals surface area contributed by atoms with Crippen LogP contribution in [0.3, 0.4) is 0 Å². The third-order valence-electron chi connectivity index (χ3n) is 10.6. The van der Waals surface area contributed by atoms with Crippen molar-refractivity contribution in [3.63, 3.8) is 0 Å². The molecule has 270 valence electrons. The molecule has 3 saturated heterocycles. The quantitative estimate of drug-likeness (QED) is 0.212. The van der Waals surface area contributed by atoms with Gasteiger partial charge in [0, 0.05) is 18.9 Å². The predicted molar refractivity (Wildman–Crippen MR) is 183 cm³/mol. The Hall–Kier alpha value is -2.86. The van der Waals surface area contributed by atoms with Crippen molar-refractivity contribution in [2.24, 2.45) is 17.8 Å². The Morgan fingerprint density at radius 1 is 1.12 bits per heavy atom. The molecule has 0 aromatic rings. The number of allylic oxidation sites excluding steroid dienone is 6. The van der Waals surface area contributed by atoms with Gasteiger partial charge in [-0.25, -0.2) is 4.79 Å². The fourth-order valence-corrected chi connectivity index (χ4v) is 7.90. The number of aliphatic hydroxyl groups is 3. The van der Waals surface area contributed by atoms with Gasteiger partial charge in [-0.1, -0.05) is 61.4 Å². The second-order valence-corrected chi connectivity index (χ2v) is 14.9. The standard InChI is InChI=1S/C39H54O10/c1-8-25(6)35-26(7)16-32(40)38(49-35)19-30-18-29(48-38)13-12-24(5)15-23(4)10-9-11-28-21-46-36-34(42)27(20-45-33(41)14-22(2)3)17-31(37(43)47-30)39(28,36)44/h8-12,14,17,23,26,29-32,34-36,40,42,44H,13,15-16,18-21H2,1-7H3/b10-9-,24-12-,25-8+,28-11-/t23-,26-,29+,30-,31-,32+,34+,35+,36-,38-,39+/m0/s1. The summed E-state index contributed by atoms with van der Waals surface area (Å²) in [6, 6.07) is 0. The summed E-state index contributed by atoms with van der Waals surface area (Å²) in [7, 11) is 0. The highest BCUT2D eigenvalue weighted by atomic mass is 16.7. The van der Waals surface area contributed by atoms with E-state index >= 15 is 0 Å². The Morgan fingerprint density at radius 2 is 1.88 bits per heavy atom. The molecule has 5 aliphatic rings. The maximum absolute atomic E-state index is 14.3. The average Bonchev–Trinajstić information content (AvgIpc) is 3.37. The van der Waals surface area contributed by atoms with E-state index in [1.165, 1.54) is 17.7 Å². The molecule has 10 heteroatoms. The zero-order valence-corrected chi connectivity index (χ0v) is 29.9. The SMILES string of the molecule is C/C=C(\C)[C@H]1O[C@@]2(C[C@@H]3C[C@@H](C/C=C(/C)C[C@@H](C)/C=C\C=C4\CO[C@H]5[C@H](O)C(COC(=O)C=C(C)C)=C[C@@H](C(=O)O3)[C@]45O)O2)[C@H](O)C[C@@H]1C. The Morgan fingerprint density at radius 3 is 2.59 bits per heavy atom. The van der Waals surface area contributed by atoms with Crippen LogP contribution >= 0.6 is 0 Å². The van der Waals surface area contributed by atoms with E-state index in [0.29, 0.717) is 24.8 Å². The van der Waals surface area contributed by atoms with E-state index in [4.69, 9.17) is 23.7 Å². The molecule has 0 saturated carbocycles. The molecule has 0 unspecified atom stereocenters. The summed E-state index contributed by atoms with van der Waals surface area (Å²) in [5.41, 5.74) is 1.71. The summed E-state index contributed by atoms with van der Waals surface area (Å²) in [6.45, 7) is 13.4. The molecule has 10 nitrogen and oxygen atoms in total. The molecule has 4 aliphatic heterocycles.